The molecule has 0 radical (unpaired) electrons. The minimum Gasteiger partial charge on any atom is -0.507 e. The van der Waals surface area contributed by atoms with Crippen molar-refractivity contribution in [2.45, 2.75) is 164 Å². The molecule has 4 rings (SSSR count). The molecule has 2 aromatic carbocycles. The topological polar surface area (TPSA) is 65.4 Å². The maximum atomic E-state index is 12.4. The lowest BCUT2D eigenvalue weighted by atomic mass is 9.76. The number of nitrogens with zero attached hydrogens (tertiary/aromatic N) is 2. The van der Waals surface area contributed by atoms with Gasteiger partial charge in [-0.1, -0.05) is 95.2 Å². The van der Waals surface area contributed by atoms with Crippen LogP contribution in [-0.4, -0.2) is 56.9 Å². The number of rotatable bonds is 4. The molecule has 0 spiro atoms. The van der Waals surface area contributed by atoms with Crippen LogP contribution in [0.2, 0.25) is 0 Å². The van der Waals surface area contributed by atoms with Crippen molar-refractivity contribution in [3.05, 3.63) is 45.5 Å². The molecule has 2 atom stereocenters. The van der Waals surface area contributed by atoms with Crippen LogP contribution in [-0.2, 0) is 37.1 Å². The first kappa shape index (κ1) is 40.5. The molecular weight excluding hydrogens is 646 g/mol. The molecule has 6 nitrogen and oxygen atoms in total. The highest BCUT2D eigenvalue weighted by Crippen LogP contribution is 2.56. The SMILES string of the molecule is CC(C)(C)c1cc(Cc2cc(C(C)(C)C)c(P3OCCN3C(C)(C)C)c(C(C)(C)C)c2O)c(O)c(C(C)(C)C)c1P1OCCN1C(C)(C)C. The van der Waals surface area contributed by atoms with E-state index in [9.17, 15) is 10.2 Å². The van der Waals surface area contributed by atoms with Crippen molar-refractivity contribution in [1.29, 1.82) is 0 Å². The molecule has 2 unspecified atom stereocenters. The standard InChI is InChI=1S/C41H68N2O4P2/c1-36(2,3)28-24-26(32(44)30(38(7,8)9)34(28)48-42(19-21-46-48)40(13,14)15)23-27-25-29(37(4,5)6)35(31(33(27)45)39(10,11)12)49-43(20-22-47-49)41(16,17)18/h24-25,44-45H,19-23H2,1-18H3. The Morgan fingerprint density at radius 2 is 0.837 bits per heavy atom. The van der Waals surface area contributed by atoms with E-state index < -0.39 is 16.6 Å². The van der Waals surface area contributed by atoms with Crippen LogP contribution in [0.25, 0.3) is 0 Å². The minimum atomic E-state index is -1.11. The van der Waals surface area contributed by atoms with Gasteiger partial charge in [0.1, 0.15) is 28.1 Å². The second-order valence-corrected chi connectivity index (χ2v) is 23.8. The van der Waals surface area contributed by atoms with Crippen LogP contribution >= 0.6 is 16.6 Å². The Bertz CT molecular complexity index is 1430. The fourth-order valence-corrected chi connectivity index (χ4v) is 12.8. The fourth-order valence-electron chi connectivity index (χ4n) is 7.21. The molecule has 0 bridgehead atoms. The number of hydrogen-bond donors (Lipinski definition) is 2. The summed E-state index contributed by atoms with van der Waals surface area (Å²) in [6.07, 6.45) is 0.417. The van der Waals surface area contributed by atoms with E-state index in [0.717, 1.165) is 46.0 Å². The zero-order valence-corrected chi connectivity index (χ0v) is 36.0. The summed E-state index contributed by atoms with van der Waals surface area (Å²) in [4.78, 5) is 0. The number of phenols is 2. The van der Waals surface area contributed by atoms with Crippen LogP contribution in [0.3, 0.4) is 0 Å². The largest absolute Gasteiger partial charge is 0.507 e. The molecule has 8 heteroatoms. The van der Waals surface area contributed by atoms with Gasteiger partial charge in [0.25, 0.3) is 0 Å². The third-order valence-corrected chi connectivity index (χ3v) is 14.6. The summed E-state index contributed by atoms with van der Waals surface area (Å²) in [6, 6.07) is 4.44. The molecule has 2 aliphatic heterocycles. The second kappa shape index (κ2) is 13.3. The number of aromatic hydroxyl groups is 2. The Hall–Kier alpha value is -1.26. The van der Waals surface area contributed by atoms with Gasteiger partial charge in [-0.3, -0.25) is 0 Å². The normalized spacial score (nSPS) is 20.9. The van der Waals surface area contributed by atoms with Gasteiger partial charge in [0.2, 0.25) is 0 Å². The minimum absolute atomic E-state index is 0.0752. The van der Waals surface area contributed by atoms with E-state index in [4.69, 9.17) is 9.05 Å². The molecule has 2 saturated heterocycles. The average Bonchev–Trinajstić information content (AvgIpc) is 3.57. The van der Waals surface area contributed by atoms with Gasteiger partial charge in [-0.25, -0.2) is 9.34 Å². The smallest absolute Gasteiger partial charge is 0.138 e. The van der Waals surface area contributed by atoms with Crippen molar-refractivity contribution >= 4 is 27.2 Å². The lowest BCUT2D eigenvalue weighted by molar-refractivity contribution is 0.281. The van der Waals surface area contributed by atoms with E-state index in [1.54, 1.807) is 0 Å². The van der Waals surface area contributed by atoms with Crippen molar-refractivity contribution in [2.24, 2.45) is 0 Å². The van der Waals surface area contributed by atoms with Crippen molar-refractivity contribution in [2.75, 3.05) is 26.3 Å². The first-order valence-electron chi connectivity index (χ1n) is 18.2. The summed E-state index contributed by atoms with van der Waals surface area (Å²) in [5.74, 6) is 0.644. The highest BCUT2D eigenvalue weighted by Gasteiger charge is 2.45. The summed E-state index contributed by atoms with van der Waals surface area (Å²) in [7, 11) is -2.23. The summed E-state index contributed by atoms with van der Waals surface area (Å²) in [5.41, 5.74) is 4.79. The number of hydrogen-bond acceptors (Lipinski definition) is 6. The molecule has 276 valence electrons. The maximum absolute atomic E-state index is 12.4. The van der Waals surface area contributed by atoms with Gasteiger partial charge in [-0.2, -0.15) is 0 Å². The van der Waals surface area contributed by atoms with E-state index >= 15 is 0 Å². The van der Waals surface area contributed by atoms with Crippen molar-refractivity contribution in [3.63, 3.8) is 0 Å². The van der Waals surface area contributed by atoms with E-state index in [1.807, 2.05) is 0 Å². The summed E-state index contributed by atoms with van der Waals surface area (Å²) >= 11 is 0. The van der Waals surface area contributed by atoms with Gasteiger partial charge >= 0.3 is 0 Å². The van der Waals surface area contributed by atoms with Gasteiger partial charge in [0.05, 0.1) is 13.2 Å². The molecule has 2 aromatic rings. The molecule has 0 aromatic heterocycles. The summed E-state index contributed by atoms with van der Waals surface area (Å²) in [6.45, 7) is 43.4. The van der Waals surface area contributed by atoms with Crippen LogP contribution in [0.4, 0.5) is 0 Å². The molecule has 2 aliphatic rings. The van der Waals surface area contributed by atoms with Gasteiger partial charge in [0.15, 0.2) is 0 Å². The summed E-state index contributed by atoms with van der Waals surface area (Å²) < 4.78 is 18.2. The highest BCUT2D eigenvalue weighted by atomic mass is 31.2. The summed E-state index contributed by atoms with van der Waals surface area (Å²) in [5, 5.41) is 27.2. The zero-order chi connectivity index (χ0) is 37.4. The van der Waals surface area contributed by atoms with Gasteiger partial charge in [0, 0.05) is 52.3 Å². The Morgan fingerprint density at radius 3 is 1.08 bits per heavy atom. The number of benzene rings is 2. The molecule has 0 saturated carbocycles. The van der Waals surface area contributed by atoms with E-state index in [2.05, 4.69) is 146 Å². The van der Waals surface area contributed by atoms with E-state index in [-0.39, 0.29) is 32.7 Å². The zero-order valence-electron chi connectivity index (χ0n) is 34.2. The lowest BCUT2D eigenvalue weighted by Crippen LogP contribution is -2.40. The third kappa shape index (κ3) is 8.21. The molecule has 2 N–H and O–H groups in total. The first-order chi connectivity index (χ1) is 22.0. The molecular formula is C41H68N2O4P2. The van der Waals surface area contributed by atoms with Crippen LogP contribution in [0.5, 0.6) is 11.5 Å². The Kier molecular flexibility index (Phi) is 11.0. The second-order valence-electron chi connectivity index (χ2n) is 20.3. The fraction of sp³-hybridized carbons (Fsp3) is 0.707. The van der Waals surface area contributed by atoms with Gasteiger partial charge < -0.3 is 19.3 Å². The number of phenolic OH excluding ortho intramolecular Hbond substituents is 2. The predicted molar refractivity (Wildman–Crippen MR) is 212 cm³/mol. The molecule has 0 aliphatic carbocycles. The predicted octanol–water partition coefficient (Wildman–Crippen LogP) is 10.0. The van der Waals surface area contributed by atoms with Gasteiger partial charge in [-0.15, -0.1) is 0 Å². The maximum Gasteiger partial charge on any atom is 0.138 e. The van der Waals surface area contributed by atoms with Crippen LogP contribution in [0.1, 0.15) is 158 Å². The van der Waals surface area contributed by atoms with Crippen molar-refractivity contribution < 1.29 is 19.3 Å². The Morgan fingerprint density at radius 1 is 0.531 bits per heavy atom. The van der Waals surface area contributed by atoms with Gasteiger partial charge in [-0.05, 0) is 85.5 Å². The average molecular weight is 715 g/mol. The van der Waals surface area contributed by atoms with Crippen LogP contribution < -0.4 is 10.6 Å². The molecule has 0 amide bonds. The monoisotopic (exact) mass is 714 g/mol. The van der Waals surface area contributed by atoms with E-state index in [1.165, 1.54) is 11.1 Å². The Balaban J connectivity index is 2.05. The molecule has 2 fully saturated rings. The quantitative estimate of drug-likeness (QED) is 0.308. The Labute approximate surface area is 302 Å². The lowest BCUT2D eigenvalue weighted by Gasteiger charge is -2.40. The molecule has 2 heterocycles. The highest BCUT2D eigenvalue weighted by molar-refractivity contribution is 7.59. The first-order valence-corrected chi connectivity index (χ1v) is 20.6. The van der Waals surface area contributed by atoms with Crippen LogP contribution in [0.15, 0.2) is 12.1 Å². The van der Waals surface area contributed by atoms with Crippen molar-refractivity contribution in [1.82, 2.24) is 9.34 Å². The third-order valence-electron chi connectivity index (χ3n) is 9.60. The van der Waals surface area contributed by atoms with E-state index in [0.29, 0.717) is 31.1 Å². The molecule has 49 heavy (non-hydrogen) atoms. The van der Waals surface area contributed by atoms with Crippen LogP contribution in [0, 0.1) is 0 Å². The van der Waals surface area contributed by atoms with Crippen molar-refractivity contribution in [3.8, 4) is 11.5 Å².